The minimum absolute atomic E-state index is 0.0594. The summed E-state index contributed by atoms with van der Waals surface area (Å²) in [6.07, 6.45) is 3.98. The van der Waals surface area contributed by atoms with Gasteiger partial charge in [-0.05, 0) is 31.8 Å². The van der Waals surface area contributed by atoms with Crippen molar-refractivity contribution in [1.29, 1.82) is 0 Å². The van der Waals surface area contributed by atoms with Gasteiger partial charge in [0, 0.05) is 14.2 Å². The molecule has 0 aromatic heterocycles. The molecule has 16 heavy (non-hydrogen) atoms. The predicted octanol–water partition coefficient (Wildman–Crippen LogP) is 2.16. The fourth-order valence-electron chi connectivity index (χ4n) is 2.76. The fraction of sp³-hybridized carbons (Fsp3) is 1.00. The van der Waals surface area contributed by atoms with Crippen molar-refractivity contribution in [2.75, 3.05) is 40.5 Å². The summed E-state index contributed by atoms with van der Waals surface area (Å²) in [6.45, 7) is 8.44. The predicted molar refractivity (Wildman–Crippen MR) is 66.7 cm³/mol. The molecule has 1 fully saturated rings. The zero-order valence-electron chi connectivity index (χ0n) is 11.3. The van der Waals surface area contributed by atoms with E-state index >= 15 is 0 Å². The first-order valence-corrected chi connectivity index (χ1v) is 6.40. The van der Waals surface area contributed by atoms with Gasteiger partial charge in [-0.2, -0.15) is 0 Å². The molecule has 1 heterocycles. The Bertz CT molecular complexity index is 182. The van der Waals surface area contributed by atoms with Crippen LogP contribution in [-0.4, -0.2) is 51.0 Å². The van der Waals surface area contributed by atoms with E-state index in [1.54, 1.807) is 14.2 Å². The molecular formula is C13H27NO2. The molecule has 0 radical (unpaired) electrons. The van der Waals surface area contributed by atoms with Crippen LogP contribution in [0.3, 0.4) is 0 Å². The summed E-state index contributed by atoms with van der Waals surface area (Å²) in [5, 5.41) is 0. The first-order valence-electron chi connectivity index (χ1n) is 6.40. The SMILES string of the molecule is COCC(COC)(C(C)C)N1CCCCC1. The lowest BCUT2D eigenvalue weighted by Crippen LogP contribution is -2.60. The molecule has 0 aliphatic carbocycles. The van der Waals surface area contributed by atoms with Crippen LogP contribution in [-0.2, 0) is 9.47 Å². The van der Waals surface area contributed by atoms with Gasteiger partial charge in [0.2, 0.25) is 0 Å². The van der Waals surface area contributed by atoms with Crippen molar-refractivity contribution < 1.29 is 9.47 Å². The molecular weight excluding hydrogens is 202 g/mol. The van der Waals surface area contributed by atoms with E-state index < -0.39 is 0 Å². The van der Waals surface area contributed by atoms with Gasteiger partial charge < -0.3 is 9.47 Å². The highest BCUT2D eigenvalue weighted by Gasteiger charge is 2.40. The van der Waals surface area contributed by atoms with Crippen LogP contribution >= 0.6 is 0 Å². The van der Waals surface area contributed by atoms with Gasteiger partial charge in [0.15, 0.2) is 0 Å². The average Bonchev–Trinajstić information content (AvgIpc) is 2.29. The number of likely N-dealkylation sites (tertiary alicyclic amines) is 1. The highest BCUT2D eigenvalue weighted by atomic mass is 16.5. The highest BCUT2D eigenvalue weighted by molar-refractivity contribution is 4.94. The van der Waals surface area contributed by atoms with Crippen molar-refractivity contribution in [3.63, 3.8) is 0 Å². The lowest BCUT2D eigenvalue weighted by molar-refractivity contribution is -0.0733. The number of ether oxygens (including phenoxy) is 2. The van der Waals surface area contributed by atoms with E-state index in [4.69, 9.17) is 9.47 Å². The monoisotopic (exact) mass is 229 g/mol. The van der Waals surface area contributed by atoms with Gasteiger partial charge in [0.05, 0.1) is 18.8 Å². The fourth-order valence-corrected chi connectivity index (χ4v) is 2.76. The molecule has 0 N–H and O–H groups in total. The zero-order valence-corrected chi connectivity index (χ0v) is 11.3. The third-order valence-corrected chi connectivity index (χ3v) is 3.85. The Labute approximate surface area is 100 Å². The van der Waals surface area contributed by atoms with E-state index in [1.165, 1.54) is 32.4 Å². The van der Waals surface area contributed by atoms with E-state index in [-0.39, 0.29) is 5.54 Å². The van der Waals surface area contributed by atoms with E-state index in [9.17, 15) is 0 Å². The van der Waals surface area contributed by atoms with Gasteiger partial charge in [0.25, 0.3) is 0 Å². The summed E-state index contributed by atoms with van der Waals surface area (Å²) in [4.78, 5) is 2.58. The van der Waals surface area contributed by atoms with Gasteiger partial charge >= 0.3 is 0 Å². The number of hydrogen-bond donors (Lipinski definition) is 0. The number of methoxy groups -OCH3 is 2. The molecule has 0 spiro atoms. The van der Waals surface area contributed by atoms with Crippen molar-refractivity contribution in [1.82, 2.24) is 4.90 Å². The second-order valence-electron chi connectivity index (χ2n) is 5.17. The molecule has 96 valence electrons. The molecule has 0 atom stereocenters. The third kappa shape index (κ3) is 2.96. The molecule has 0 unspecified atom stereocenters. The summed E-state index contributed by atoms with van der Waals surface area (Å²) >= 11 is 0. The number of piperidine rings is 1. The zero-order chi connectivity index (χ0) is 12.0. The quantitative estimate of drug-likeness (QED) is 0.696. The smallest absolute Gasteiger partial charge is 0.0701 e. The van der Waals surface area contributed by atoms with Crippen LogP contribution in [0.2, 0.25) is 0 Å². The van der Waals surface area contributed by atoms with Crippen molar-refractivity contribution in [2.24, 2.45) is 5.92 Å². The van der Waals surface area contributed by atoms with Crippen molar-refractivity contribution in [3.8, 4) is 0 Å². The molecule has 1 aliphatic heterocycles. The van der Waals surface area contributed by atoms with Crippen LogP contribution in [0, 0.1) is 5.92 Å². The summed E-state index contributed by atoms with van der Waals surface area (Å²) < 4.78 is 10.9. The minimum atomic E-state index is 0.0594. The van der Waals surface area contributed by atoms with Crippen LogP contribution < -0.4 is 0 Å². The molecule has 3 nitrogen and oxygen atoms in total. The van der Waals surface area contributed by atoms with Crippen LogP contribution in [0.1, 0.15) is 33.1 Å². The molecule has 0 bridgehead atoms. The Hall–Kier alpha value is -0.120. The van der Waals surface area contributed by atoms with Gasteiger partial charge in [-0.15, -0.1) is 0 Å². The Morgan fingerprint density at radius 2 is 1.50 bits per heavy atom. The molecule has 0 aromatic carbocycles. The van der Waals surface area contributed by atoms with Crippen LogP contribution in [0.5, 0.6) is 0 Å². The van der Waals surface area contributed by atoms with E-state index in [2.05, 4.69) is 18.7 Å². The highest BCUT2D eigenvalue weighted by Crippen LogP contribution is 2.29. The molecule has 1 aliphatic rings. The lowest BCUT2D eigenvalue weighted by Gasteiger charge is -2.47. The van der Waals surface area contributed by atoms with Crippen LogP contribution in [0.4, 0.5) is 0 Å². The van der Waals surface area contributed by atoms with Crippen LogP contribution in [0.25, 0.3) is 0 Å². The maximum Gasteiger partial charge on any atom is 0.0701 e. The van der Waals surface area contributed by atoms with Crippen molar-refractivity contribution >= 4 is 0 Å². The molecule has 0 saturated carbocycles. The lowest BCUT2D eigenvalue weighted by atomic mass is 9.84. The number of hydrogen-bond acceptors (Lipinski definition) is 3. The van der Waals surface area contributed by atoms with Gasteiger partial charge in [0.1, 0.15) is 0 Å². The molecule has 0 amide bonds. The van der Waals surface area contributed by atoms with E-state index in [1.807, 2.05) is 0 Å². The summed E-state index contributed by atoms with van der Waals surface area (Å²) in [5.74, 6) is 0.547. The van der Waals surface area contributed by atoms with E-state index in [0.29, 0.717) is 5.92 Å². The molecule has 1 saturated heterocycles. The van der Waals surface area contributed by atoms with Gasteiger partial charge in [-0.1, -0.05) is 20.3 Å². The number of rotatable bonds is 6. The summed E-state index contributed by atoms with van der Waals surface area (Å²) in [5.41, 5.74) is 0.0594. The Balaban J connectivity index is 2.79. The second kappa shape index (κ2) is 6.58. The van der Waals surface area contributed by atoms with Crippen LogP contribution in [0.15, 0.2) is 0 Å². The number of nitrogens with zero attached hydrogens (tertiary/aromatic N) is 1. The maximum absolute atomic E-state index is 5.45. The first-order chi connectivity index (χ1) is 7.67. The topological polar surface area (TPSA) is 21.7 Å². The largest absolute Gasteiger partial charge is 0.383 e. The third-order valence-electron chi connectivity index (χ3n) is 3.85. The van der Waals surface area contributed by atoms with Gasteiger partial charge in [-0.3, -0.25) is 4.90 Å². The maximum atomic E-state index is 5.45. The normalized spacial score (nSPS) is 19.3. The Morgan fingerprint density at radius 1 is 1.00 bits per heavy atom. The van der Waals surface area contributed by atoms with Gasteiger partial charge in [-0.25, -0.2) is 0 Å². The summed E-state index contributed by atoms with van der Waals surface area (Å²) in [6, 6.07) is 0. The van der Waals surface area contributed by atoms with Crippen molar-refractivity contribution in [3.05, 3.63) is 0 Å². The minimum Gasteiger partial charge on any atom is -0.383 e. The average molecular weight is 229 g/mol. The molecule has 1 rings (SSSR count). The summed E-state index contributed by atoms with van der Waals surface area (Å²) in [7, 11) is 3.58. The first kappa shape index (κ1) is 13.9. The Kier molecular flexibility index (Phi) is 5.73. The second-order valence-corrected chi connectivity index (χ2v) is 5.17. The Morgan fingerprint density at radius 3 is 1.88 bits per heavy atom. The van der Waals surface area contributed by atoms with Crippen molar-refractivity contribution in [2.45, 2.75) is 38.6 Å². The van der Waals surface area contributed by atoms with E-state index in [0.717, 1.165) is 13.2 Å². The molecule has 0 aromatic rings. The standard InChI is InChI=1S/C13H27NO2/c1-12(2)13(10-15-3,11-16-4)14-8-6-5-7-9-14/h12H,5-11H2,1-4H3. The molecule has 3 heteroatoms.